The van der Waals surface area contributed by atoms with E-state index in [1.54, 1.807) is 18.6 Å². The van der Waals surface area contributed by atoms with E-state index in [0.29, 0.717) is 23.7 Å². The summed E-state index contributed by atoms with van der Waals surface area (Å²) in [7, 11) is 0. The molecule has 4 heterocycles. The lowest BCUT2D eigenvalue weighted by Gasteiger charge is -1.95. The Hall–Kier alpha value is -2.69. The van der Waals surface area contributed by atoms with Gasteiger partial charge in [0.05, 0.1) is 23.2 Å². The Balaban J connectivity index is 2.01. The first kappa shape index (κ1) is 7.79. The van der Waals surface area contributed by atoms with Crippen LogP contribution in [-0.4, -0.2) is 18.9 Å². The van der Waals surface area contributed by atoms with Crippen LogP contribution in [0.2, 0.25) is 0 Å². The monoisotopic (exact) mass is 265 g/mol. The Morgan fingerprint density at radius 1 is 1.30 bits per heavy atom. The van der Waals surface area contributed by atoms with Crippen LogP contribution in [0.1, 0.15) is 9.68 Å². The highest BCUT2D eigenvalue weighted by atomic mass is 15.3. The summed E-state index contributed by atoms with van der Waals surface area (Å²) in [5.74, 6) is 0.677. The average molecular weight is 265 g/mol. The summed E-state index contributed by atoms with van der Waals surface area (Å²) in [5.41, 5.74) is 3.97. The predicted octanol–water partition coefficient (Wildman–Crippen LogP) is 1.54. The van der Waals surface area contributed by atoms with E-state index in [1.165, 1.54) is 4.57 Å². The average Bonchev–Trinajstić information content (AvgIpc) is 3.12. The second kappa shape index (κ2) is 3.25. The van der Waals surface area contributed by atoms with Crippen molar-refractivity contribution < 1.29 is 8.68 Å². The van der Waals surface area contributed by atoms with Crippen molar-refractivity contribution in [3.05, 3.63) is 48.4 Å². The molecular formula is C15H12N5+. The molecule has 1 aliphatic heterocycles. The fourth-order valence-corrected chi connectivity index (χ4v) is 3.06. The number of aryl methyl sites for hydroxylation is 1. The van der Waals surface area contributed by atoms with E-state index in [4.69, 9.17) is 4.11 Å². The normalized spacial score (nSPS) is 15.9. The highest BCUT2D eigenvalue weighted by molar-refractivity contribution is 5.76. The van der Waals surface area contributed by atoms with Gasteiger partial charge in [-0.2, -0.15) is 9.38 Å². The van der Waals surface area contributed by atoms with Crippen LogP contribution in [0.15, 0.2) is 42.9 Å². The zero-order valence-electron chi connectivity index (χ0n) is 13.5. The number of benzene rings is 1. The van der Waals surface area contributed by atoms with Gasteiger partial charge in [-0.1, -0.05) is 18.2 Å². The van der Waals surface area contributed by atoms with Crippen molar-refractivity contribution >= 4 is 16.9 Å². The third-order valence-corrected chi connectivity index (χ3v) is 3.91. The van der Waals surface area contributed by atoms with Gasteiger partial charge in [0.25, 0.3) is 11.3 Å². The van der Waals surface area contributed by atoms with Crippen molar-refractivity contribution in [1.82, 2.24) is 18.9 Å². The summed E-state index contributed by atoms with van der Waals surface area (Å²) in [6.45, 7) is -1.67. The Labute approximate surface area is 119 Å². The SMILES string of the molecule is [2H]C([2H])([2H])n1c2[n+](c3c1nc1ccncn13)Cc1ccccc1-2. The molecule has 0 saturated carbocycles. The van der Waals surface area contributed by atoms with E-state index in [-0.39, 0.29) is 0 Å². The van der Waals surface area contributed by atoms with Gasteiger partial charge >= 0.3 is 0 Å². The van der Waals surface area contributed by atoms with Gasteiger partial charge in [-0.3, -0.25) is 0 Å². The summed E-state index contributed by atoms with van der Waals surface area (Å²) < 4.78 is 29.1. The summed E-state index contributed by atoms with van der Waals surface area (Å²) >= 11 is 0. The van der Waals surface area contributed by atoms with Crippen molar-refractivity contribution in [1.29, 1.82) is 0 Å². The molecule has 0 amide bonds. The molecule has 3 aromatic heterocycles. The molecule has 5 heteroatoms. The molecular weight excluding hydrogens is 250 g/mol. The maximum absolute atomic E-state index is 7.97. The minimum Gasteiger partial charge on any atom is -0.240 e. The molecule has 0 spiro atoms. The molecule has 5 nitrogen and oxygen atoms in total. The fourth-order valence-electron chi connectivity index (χ4n) is 3.06. The fraction of sp³-hybridized carbons (Fsp3) is 0.133. The van der Waals surface area contributed by atoms with Gasteiger partial charge in [-0.15, -0.1) is 0 Å². The smallest absolute Gasteiger partial charge is 0.240 e. The van der Waals surface area contributed by atoms with Crippen LogP contribution in [0.3, 0.4) is 0 Å². The van der Waals surface area contributed by atoms with E-state index < -0.39 is 6.98 Å². The second-order valence-corrected chi connectivity index (χ2v) is 4.97. The lowest BCUT2D eigenvalue weighted by atomic mass is 10.1. The van der Waals surface area contributed by atoms with Crippen molar-refractivity contribution in [2.45, 2.75) is 6.54 Å². The molecule has 0 bridgehead atoms. The summed E-state index contributed by atoms with van der Waals surface area (Å²) in [6.07, 6.45) is 3.32. The van der Waals surface area contributed by atoms with E-state index in [0.717, 1.165) is 16.8 Å². The molecule has 0 saturated heterocycles. The molecule has 96 valence electrons. The van der Waals surface area contributed by atoms with Gasteiger partial charge < -0.3 is 0 Å². The maximum Gasteiger partial charge on any atom is 0.296 e. The number of hydrogen-bond acceptors (Lipinski definition) is 2. The third kappa shape index (κ3) is 1.02. The summed E-state index contributed by atoms with van der Waals surface area (Å²) in [4.78, 5) is 8.66. The first-order chi connectivity index (χ1) is 11.1. The van der Waals surface area contributed by atoms with E-state index in [1.807, 2.05) is 33.2 Å². The summed E-state index contributed by atoms with van der Waals surface area (Å²) in [6, 6.07) is 9.66. The molecule has 0 N–H and O–H groups in total. The van der Waals surface area contributed by atoms with E-state index in [2.05, 4.69) is 9.97 Å². The van der Waals surface area contributed by atoms with Crippen LogP contribution < -0.4 is 4.57 Å². The first-order valence-electron chi connectivity index (χ1n) is 7.91. The first-order valence-corrected chi connectivity index (χ1v) is 6.41. The highest BCUT2D eigenvalue weighted by Gasteiger charge is 2.33. The van der Waals surface area contributed by atoms with Gasteiger partial charge in [0.1, 0.15) is 0 Å². The van der Waals surface area contributed by atoms with Gasteiger partial charge in [0.15, 0.2) is 6.33 Å². The largest absolute Gasteiger partial charge is 0.296 e. The number of fused-ring (bicyclic) bond motifs is 7. The molecule has 0 fully saturated rings. The van der Waals surface area contributed by atoms with Crippen molar-refractivity contribution in [2.24, 2.45) is 6.98 Å². The number of hydrogen-bond donors (Lipinski definition) is 0. The molecule has 0 unspecified atom stereocenters. The van der Waals surface area contributed by atoms with Crippen LogP contribution >= 0.6 is 0 Å². The van der Waals surface area contributed by atoms with Crippen LogP contribution in [0.5, 0.6) is 0 Å². The van der Waals surface area contributed by atoms with Crippen molar-refractivity contribution in [3.63, 3.8) is 0 Å². The highest BCUT2D eigenvalue weighted by Crippen LogP contribution is 2.30. The Bertz CT molecular complexity index is 1090. The number of nitrogens with zero attached hydrogens (tertiary/aromatic N) is 5. The lowest BCUT2D eigenvalue weighted by Crippen LogP contribution is -2.32. The Morgan fingerprint density at radius 2 is 2.25 bits per heavy atom. The third-order valence-electron chi connectivity index (χ3n) is 3.91. The molecule has 5 rings (SSSR count). The van der Waals surface area contributed by atoms with E-state index in [9.17, 15) is 0 Å². The minimum atomic E-state index is -2.30. The predicted molar refractivity (Wildman–Crippen MR) is 74.2 cm³/mol. The van der Waals surface area contributed by atoms with Gasteiger partial charge in [0, 0.05) is 17.8 Å². The minimum absolute atomic E-state index is 0.461. The van der Waals surface area contributed by atoms with Crippen LogP contribution in [0, 0.1) is 0 Å². The Morgan fingerprint density at radius 3 is 3.20 bits per heavy atom. The van der Waals surface area contributed by atoms with Crippen LogP contribution in [0.4, 0.5) is 0 Å². The molecule has 0 aliphatic carbocycles. The van der Waals surface area contributed by atoms with Crippen LogP contribution in [-0.2, 0) is 13.5 Å². The van der Waals surface area contributed by atoms with E-state index >= 15 is 0 Å². The van der Waals surface area contributed by atoms with Crippen molar-refractivity contribution in [3.8, 4) is 11.4 Å². The zero-order valence-corrected chi connectivity index (χ0v) is 10.5. The maximum atomic E-state index is 7.97. The quantitative estimate of drug-likeness (QED) is 0.398. The molecule has 20 heavy (non-hydrogen) atoms. The lowest BCUT2D eigenvalue weighted by molar-refractivity contribution is -0.648. The number of aromatic nitrogens is 5. The molecule has 4 aromatic rings. The van der Waals surface area contributed by atoms with Gasteiger partial charge in [-0.05, 0) is 6.07 Å². The standard InChI is InChI=1S/C15H12N5/c1-18-13-15(20-9-16-7-6-12(20)17-13)19-8-10-4-2-3-5-11(10)14(18)19/h2-7,9H,8H2,1H3/q+1/i1D3. The Kier molecular flexibility index (Phi) is 1.27. The molecule has 0 radical (unpaired) electrons. The van der Waals surface area contributed by atoms with Gasteiger partial charge in [0.2, 0.25) is 11.5 Å². The second-order valence-electron chi connectivity index (χ2n) is 4.97. The molecule has 1 aromatic carbocycles. The molecule has 0 atom stereocenters. The van der Waals surface area contributed by atoms with Gasteiger partial charge in [-0.25, -0.2) is 14.1 Å². The van der Waals surface area contributed by atoms with Crippen LogP contribution in [0.25, 0.3) is 28.3 Å². The topological polar surface area (TPSA) is 39.0 Å². The number of rotatable bonds is 0. The number of imidazole rings is 2. The molecule has 1 aliphatic rings. The summed E-state index contributed by atoms with van der Waals surface area (Å²) in [5, 5.41) is 0. The van der Waals surface area contributed by atoms with Crippen molar-refractivity contribution in [2.75, 3.05) is 0 Å². The zero-order chi connectivity index (χ0) is 15.8.